The van der Waals surface area contributed by atoms with Gasteiger partial charge in [0.05, 0.1) is 0 Å². The zero-order chi connectivity index (χ0) is 24.4. The third kappa shape index (κ3) is 8.28. The molecule has 1 aromatic carbocycles. The van der Waals surface area contributed by atoms with E-state index in [0.29, 0.717) is 28.7 Å². The van der Waals surface area contributed by atoms with E-state index < -0.39 is 0 Å². The third-order valence-corrected chi connectivity index (χ3v) is 6.29. The molecule has 2 nitrogen and oxygen atoms in total. The Hall–Kier alpha value is -2.74. The van der Waals surface area contributed by atoms with Gasteiger partial charge >= 0.3 is 0 Å². The predicted molar refractivity (Wildman–Crippen MR) is 141 cm³/mol. The Balaban J connectivity index is 1.83. The van der Waals surface area contributed by atoms with E-state index in [1.54, 1.807) is 19.1 Å². The minimum Gasteiger partial charge on any atom is -0.289 e. The summed E-state index contributed by atoms with van der Waals surface area (Å²) in [6.07, 6.45) is 16.1. The highest BCUT2D eigenvalue weighted by molar-refractivity contribution is 6.26. The highest BCUT2D eigenvalue weighted by atomic mass is 16.1. The minimum absolute atomic E-state index is 0.00770. The second-order valence-electron chi connectivity index (χ2n) is 9.56. The smallest absolute Gasteiger partial charge is 0.190 e. The van der Waals surface area contributed by atoms with Crippen LogP contribution in [-0.4, -0.2) is 11.6 Å². The van der Waals surface area contributed by atoms with Crippen LogP contribution in [0.2, 0.25) is 0 Å². The van der Waals surface area contributed by atoms with Crippen molar-refractivity contribution in [3.05, 3.63) is 93.1 Å². The van der Waals surface area contributed by atoms with Crippen molar-refractivity contribution >= 4 is 11.6 Å². The van der Waals surface area contributed by atoms with Gasteiger partial charge in [0.25, 0.3) is 0 Å². The monoisotopic (exact) mass is 444 g/mol. The van der Waals surface area contributed by atoms with E-state index in [2.05, 4.69) is 58.9 Å². The summed E-state index contributed by atoms with van der Waals surface area (Å²) >= 11 is 0. The molecule has 0 N–H and O–H groups in total. The van der Waals surface area contributed by atoms with E-state index in [1.165, 1.54) is 22.3 Å². The molecule has 0 fully saturated rings. The molecule has 2 heteroatoms. The van der Waals surface area contributed by atoms with Crippen molar-refractivity contribution in [3.63, 3.8) is 0 Å². The van der Waals surface area contributed by atoms with Gasteiger partial charge in [0.1, 0.15) is 0 Å². The second kappa shape index (κ2) is 13.1. The van der Waals surface area contributed by atoms with Crippen LogP contribution in [0, 0.1) is 0 Å². The third-order valence-electron chi connectivity index (χ3n) is 6.29. The molecule has 0 heterocycles. The molecule has 176 valence electrons. The average Bonchev–Trinajstić information content (AvgIpc) is 2.77. The van der Waals surface area contributed by atoms with Crippen molar-refractivity contribution in [2.75, 3.05) is 0 Å². The first-order valence-electron chi connectivity index (χ1n) is 12.2. The molecule has 33 heavy (non-hydrogen) atoms. The Morgan fingerprint density at radius 2 is 1.12 bits per heavy atom. The Morgan fingerprint density at radius 3 is 1.64 bits per heavy atom. The largest absolute Gasteiger partial charge is 0.289 e. The zero-order valence-corrected chi connectivity index (χ0v) is 21.4. The fourth-order valence-corrected chi connectivity index (χ4v) is 4.06. The molecule has 0 spiro atoms. The number of carbonyl (C=O) groups is 2. The molecule has 0 aromatic heterocycles. The zero-order valence-electron chi connectivity index (χ0n) is 21.4. The first-order chi connectivity index (χ1) is 15.7. The number of hydrogen-bond acceptors (Lipinski definition) is 2. The van der Waals surface area contributed by atoms with Gasteiger partial charge < -0.3 is 0 Å². The highest BCUT2D eigenvalue weighted by Gasteiger charge is 2.28. The molecule has 0 unspecified atom stereocenters. The highest BCUT2D eigenvalue weighted by Crippen LogP contribution is 2.28. The molecule has 0 saturated carbocycles. The number of hydrogen-bond donors (Lipinski definition) is 0. The lowest BCUT2D eigenvalue weighted by Gasteiger charge is -2.18. The lowest BCUT2D eigenvalue weighted by Crippen LogP contribution is -2.20. The van der Waals surface area contributed by atoms with Gasteiger partial charge in [-0.2, -0.15) is 0 Å². The number of benzene rings is 1. The summed E-state index contributed by atoms with van der Waals surface area (Å²) < 4.78 is 0. The molecule has 0 radical (unpaired) electrons. The van der Waals surface area contributed by atoms with Gasteiger partial charge in [0.2, 0.25) is 0 Å². The summed E-state index contributed by atoms with van der Waals surface area (Å²) in [5.41, 5.74) is 7.84. The van der Waals surface area contributed by atoms with Crippen LogP contribution in [0.1, 0.15) is 107 Å². The molecule has 0 amide bonds. The van der Waals surface area contributed by atoms with Crippen molar-refractivity contribution in [1.29, 1.82) is 0 Å². The first kappa shape index (κ1) is 26.5. The van der Waals surface area contributed by atoms with Gasteiger partial charge in [-0.3, -0.25) is 9.59 Å². The molecule has 1 aliphatic carbocycles. The van der Waals surface area contributed by atoms with E-state index in [9.17, 15) is 9.59 Å². The summed E-state index contributed by atoms with van der Waals surface area (Å²) in [5.74, 6) is -0.0299. The first-order valence-corrected chi connectivity index (χ1v) is 12.2. The van der Waals surface area contributed by atoms with Crippen LogP contribution in [0.5, 0.6) is 0 Å². The van der Waals surface area contributed by atoms with E-state index in [4.69, 9.17) is 0 Å². The van der Waals surface area contributed by atoms with E-state index >= 15 is 0 Å². The number of allylic oxidation sites excluding steroid dienone is 10. The maximum absolute atomic E-state index is 12.9. The summed E-state index contributed by atoms with van der Waals surface area (Å²) in [4.78, 5) is 25.5. The van der Waals surface area contributed by atoms with E-state index in [-0.39, 0.29) is 11.6 Å². The summed E-state index contributed by atoms with van der Waals surface area (Å²) in [6, 6.07) is 7.13. The van der Waals surface area contributed by atoms with Gasteiger partial charge in [-0.15, -0.1) is 0 Å². The Kier molecular flexibility index (Phi) is 10.5. The quantitative estimate of drug-likeness (QED) is 0.319. The molecular formula is C31H40O2. The van der Waals surface area contributed by atoms with Gasteiger partial charge in [-0.05, 0) is 86.5 Å². The van der Waals surface area contributed by atoms with Gasteiger partial charge in [-0.1, -0.05) is 70.9 Å². The lowest BCUT2D eigenvalue weighted by atomic mass is 9.83. The van der Waals surface area contributed by atoms with Gasteiger partial charge in [-0.25, -0.2) is 0 Å². The Labute approximate surface area is 200 Å². The molecule has 0 aliphatic heterocycles. The summed E-state index contributed by atoms with van der Waals surface area (Å²) in [7, 11) is 0. The average molecular weight is 445 g/mol. The maximum atomic E-state index is 12.9. The fraction of sp³-hybridized carbons (Fsp3) is 0.419. The molecular weight excluding hydrogens is 404 g/mol. The van der Waals surface area contributed by atoms with Crippen molar-refractivity contribution < 1.29 is 9.59 Å². The Morgan fingerprint density at radius 1 is 0.667 bits per heavy atom. The fourth-order valence-electron chi connectivity index (χ4n) is 4.06. The normalized spacial score (nSPS) is 15.2. The van der Waals surface area contributed by atoms with Crippen LogP contribution in [0.4, 0.5) is 0 Å². The molecule has 2 rings (SSSR count). The topological polar surface area (TPSA) is 34.1 Å². The van der Waals surface area contributed by atoms with Gasteiger partial charge in [0, 0.05) is 22.3 Å². The van der Waals surface area contributed by atoms with Crippen LogP contribution < -0.4 is 0 Å². The minimum atomic E-state index is -0.0222. The van der Waals surface area contributed by atoms with E-state index in [0.717, 1.165) is 38.5 Å². The van der Waals surface area contributed by atoms with Gasteiger partial charge in [0.15, 0.2) is 11.6 Å². The van der Waals surface area contributed by atoms with Crippen LogP contribution in [0.25, 0.3) is 0 Å². The van der Waals surface area contributed by atoms with Crippen molar-refractivity contribution in [3.8, 4) is 0 Å². The summed E-state index contributed by atoms with van der Waals surface area (Å²) in [6.45, 7) is 12.6. The summed E-state index contributed by atoms with van der Waals surface area (Å²) in [5, 5.41) is 0. The standard InChI is InChI=1S/C31H40O2/c1-22(2)12-9-13-23(3)14-10-15-24(4)16-11-17-25(5)20-21-27-26(6)30(32)28-18-7-8-19-29(28)31(27)33/h7-8,12,14,16,18-20H,9-11,13,15,17,21H2,1-6H3/b23-14+,24-16+,25-20-. The number of ketones is 2. The second-order valence-corrected chi connectivity index (χ2v) is 9.56. The van der Waals surface area contributed by atoms with Crippen LogP contribution in [0.15, 0.2) is 82.0 Å². The molecule has 1 aromatic rings. The maximum Gasteiger partial charge on any atom is 0.190 e. The van der Waals surface area contributed by atoms with Crippen LogP contribution >= 0.6 is 0 Å². The molecule has 0 saturated heterocycles. The Bertz CT molecular complexity index is 1020. The number of Topliss-reactive ketones (excluding diaryl/α,β-unsaturated/α-hetero) is 2. The van der Waals surface area contributed by atoms with Crippen molar-refractivity contribution in [1.82, 2.24) is 0 Å². The number of carbonyl (C=O) groups excluding carboxylic acids is 2. The van der Waals surface area contributed by atoms with Crippen LogP contribution in [0.3, 0.4) is 0 Å². The molecule has 0 bridgehead atoms. The molecule has 0 atom stereocenters. The van der Waals surface area contributed by atoms with Crippen LogP contribution in [-0.2, 0) is 0 Å². The van der Waals surface area contributed by atoms with Crippen molar-refractivity contribution in [2.45, 2.75) is 86.5 Å². The number of rotatable bonds is 11. The number of fused-ring (bicyclic) bond motifs is 1. The van der Waals surface area contributed by atoms with Crippen molar-refractivity contribution in [2.24, 2.45) is 0 Å². The SMILES string of the molecule is CC(C)=CCC/C(C)=C/CC/C(C)=C/CC/C(C)=C\CC1=C(C)C(=O)c2ccccc2C1=O. The van der Waals surface area contributed by atoms with E-state index in [1.807, 2.05) is 12.1 Å². The molecule has 1 aliphatic rings. The predicted octanol–water partition coefficient (Wildman–Crippen LogP) is 8.92. The lowest BCUT2D eigenvalue weighted by molar-refractivity contribution is 0.0973.